The Morgan fingerprint density at radius 2 is 2.18 bits per heavy atom. The Labute approximate surface area is 102 Å². The highest BCUT2D eigenvalue weighted by Gasteiger charge is 2.14. The molecule has 0 saturated carbocycles. The van der Waals surface area contributed by atoms with E-state index in [1.54, 1.807) is 7.05 Å². The third kappa shape index (κ3) is 6.58. The van der Waals surface area contributed by atoms with Crippen LogP contribution >= 0.6 is 0 Å². The second kappa shape index (κ2) is 8.41. The summed E-state index contributed by atoms with van der Waals surface area (Å²) < 4.78 is 5.24. The van der Waals surface area contributed by atoms with Crippen LogP contribution in [0, 0.1) is 0 Å². The summed E-state index contributed by atoms with van der Waals surface area (Å²) >= 11 is 0. The summed E-state index contributed by atoms with van der Waals surface area (Å²) in [5.74, 6) is 0.0140. The van der Waals surface area contributed by atoms with E-state index in [1.807, 2.05) is 0 Å². The van der Waals surface area contributed by atoms with Crippen molar-refractivity contribution in [1.29, 1.82) is 0 Å². The van der Waals surface area contributed by atoms with E-state index in [4.69, 9.17) is 4.74 Å². The molecule has 0 bridgehead atoms. The number of aliphatic hydroxyl groups is 1. The number of hydrogen-bond acceptors (Lipinski definition) is 5. The lowest BCUT2D eigenvalue weighted by molar-refractivity contribution is -0.120. The monoisotopic (exact) mass is 245 g/mol. The molecule has 6 heteroatoms. The summed E-state index contributed by atoms with van der Waals surface area (Å²) in [5.41, 5.74) is 0. The lowest BCUT2D eigenvalue weighted by Crippen LogP contribution is -2.44. The molecule has 1 rings (SSSR count). The Morgan fingerprint density at radius 3 is 2.82 bits per heavy atom. The number of β-amino-alcohol motifs (C(OH)–C–C–N with tert-alkyl or cyclic N) is 1. The normalized spacial score (nSPS) is 18.9. The van der Waals surface area contributed by atoms with Gasteiger partial charge in [-0.15, -0.1) is 0 Å². The molecule has 1 aliphatic rings. The maximum Gasteiger partial charge on any atom is 0.221 e. The zero-order chi connectivity index (χ0) is 12.5. The van der Waals surface area contributed by atoms with Crippen LogP contribution in [0.4, 0.5) is 0 Å². The number of nitrogens with one attached hydrogen (secondary N) is 2. The van der Waals surface area contributed by atoms with Crippen molar-refractivity contribution in [3.05, 3.63) is 0 Å². The van der Waals surface area contributed by atoms with Gasteiger partial charge in [0.15, 0.2) is 0 Å². The molecular formula is C11H23N3O3. The van der Waals surface area contributed by atoms with Crippen LogP contribution in [0.2, 0.25) is 0 Å². The molecule has 6 nitrogen and oxygen atoms in total. The van der Waals surface area contributed by atoms with Crippen LogP contribution in [0.5, 0.6) is 0 Å². The van der Waals surface area contributed by atoms with Gasteiger partial charge in [0.05, 0.1) is 19.3 Å². The topological polar surface area (TPSA) is 73.8 Å². The van der Waals surface area contributed by atoms with E-state index in [1.165, 1.54) is 0 Å². The first-order chi connectivity index (χ1) is 8.22. The Balaban J connectivity index is 2.00. The standard InChI is InChI=1S/C11H23N3O3/c1-12-11(16)2-3-13-8-10(15)9-14-4-6-17-7-5-14/h10,13,15H,2-9H2,1H3,(H,12,16). The zero-order valence-electron chi connectivity index (χ0n) is 10.4. The first-order valence-electron chi connectivity index (χ1n) is 6.12. The zero-order valence-corrected chi connectivity index (χ0v) is 10.4. The summed E-state index contributed by atoms with van der Waals surface area (Å²) in [4.78, 5) is 13.1. The lowest BCUT2D eigenvalue weighted by atomic mass is 10.3. The summed E-state index contributed by atoms with van der Waals surface area (Å²) in [5, 5.41) is 15.4. The summed E-state index contributed by atoms with van der Waals surface area (Å²) in [6.07, 6.45) is 0.0543. The number of aliphatic hydroxyl groups excluding tert-OH is 1. The Morgan fingerprint density at radius 1 is 1.47 bits per heavy atom. The molecule has 0 aromatic carbocycles. The Bertz CT molecular complexity index is 220. The van der Waals surface area contributed by atoms with Gasteiger partial charge >= 0.3 is 0 Å². The molecule has 0 aromatic heterocycles. The number of carbonyl (C=O) groups excluding carboxylic acids is 1. The largest absolute Gasteiger partial charge is 0.390 e. The van der Waals surface area contributed by atoms with Gasteiger partial charge in [0.25, 0.3) is 0 Å². The third-order valence-electron chi connectivity index (χ3n) is 2.76. The molecular weight excluding hydrogens is 222 g/mol. The number of amides is 1. The van der Waals surface area contributed by atoms with Crippen molar-refractivity contribution in [2.24, 2.45) is 0 Å². The molecule has 1 heterocycles. The highest BCUT2D eigenvalue weighted by Crippen LogP contribution is 1.98. The summed E-state index contributed by atoms with van der Waals surface area (Å²) in [6.45, 7) is 5.04. The molecule has 100 valence electrons. The van der Waals surface area contributed by atoms with E-state index in [2.05, 4.69) is 15.5 Å². The molecule has 3 N–H and O–H groups in total. The molecule has 1 aliphatic heterocycles. The molecule has 1 unspecified atom stereocenters. The minimum Gasteiger partial charge on any atom is -0.390 e. The van der Waals surface area contributed by atoms with Crippen molar-refractivity contribution < 1.29 is 14.6 Å². The van der Waals surface area contributed by atoms with Gasteiger partial charge < -0.3 is 20.5 Å². The molecule has 0 aromatic rings. The fourth-order valence-electron chi connectivity index (χ4n) is 1.74. The smallest absolute Gasteiger partial charge is 0.221 e. The van der Waals surface area contributed by atoms with Crippen molar-refractivity contribution >= 4 is 5.91 Å². The molecule has 0 radical (unpaired) electrons. The average molecular weight is 245 g/mol. The van der Waals surface area contributed by atoms with Gasteiger partial charge in [0.2, 0.25) is 5.91 Å². The van der Waals surface area contributed by atoms with Crippen LogP contribution in [0.25, 0.3) is 0 Å². The predicted molar refractivity (Wildman–Crippen MR) is 64.8 cm³/mol. The van der Waals surface area contributed by atoms with E-state index in [-0.39, 0.29) is 5.91 Å². The molecule has 1 fully saturated rings. The second-order valence-electron chi connectivity index (χ2n) is 4.19. The number of nitrogens with zero attached hydrogens (tertiary/aromatic N) is 1. The third-order valence-corrected chi connectivity index (χ3v) is 2.76. The van der Waals surface area contributed by atoms with Crippen LogP contribution < -0.4 is 10.6 Å². The van der Waals surface area contributed by atoms with Gasteiger partial charge in [-0.25, -0.2) is 0 Å². The fourth-order valence-corrected chi connectivity index (χ4v) is 1.74. The van der Waals surface area contributed by atoms with Gasteiger partial charge in [0, 0.05) is 46.2 Å². The van der Waals surface area contributed by atoms with E-state index < -0.39 is 6.10 Å². The lowest BCUT2D eigenvalue weighted by Gasteiger charge is -2.28. The number of ether oxygens (including phenoxy) is 1. The Kier molecular flexibility index (Phi) is 7.11. The highest BCUT2D eigenvalue weighted by atomic mass is 16.5. The maximum atomic E-state index is 10.9. The van der Waals surface area contributed by atoms with Crippen LogP contribution in [0.1, 0.15) is 6.42 Å². The second-order valence-corrected chi connectivity index (χ2v) is 4.19. The van der Waals surface area contributed by atoms with Gasteiger partial charge in [-0.2, -0.15) is 0 Å². The minimum absolute atomic E-state index is 0.0140. The molecule has 0 aliphatic carbocycles. The van der Waals surface area contributed by atoms with E-state index in [0.29, 0.717) is 26.1 Å². The molecule has 1 atom stereocenters. The van der Waals surface area contributed by atoms with Gasteiger partial charge in [0.1, 0.15) is 0 Å². The SMILES string of the molecule is CNC(=O)CCNCC(O)CN1CCOCC1. The molecule has 17 heavy (non-hydrogen) atoms. The number of rotatable bonds is 7. The number of hydrogen-bond donors (Lipinski definition) is 3. The van der Waals surface area contributed by atoms with Crippen LogP contribution in [-0.2, 0) is 9.53 Å². The highest BCUT2D eigenvalue weighted by molar-refractivity contribution is 5.75. The first kappa shape index (κ1) is 14.4. The number of carbonyl (C=O) groups is 1. The maximum absolute atomic E-state index is 10.9. The van der Waals surface area contributed by atoms with E-state index in [9.17, 15) is 9.90 Å². The molecule has 0 spiro atoms. The average Bonchev–Trinajstić information content (AvgIpc) is 2.35. The van der Waals surface area contributed by atoms with Gasteiger partial charge in [-0.1, -0.05) is 0 Å². The van der Waals surface area contributed by atoms with Gasteiger partial charge in [-0.3, -0.25) is 9.69 Å². The van der Waals surface area contributed by atoms with E-state index >= 15 is 0 Å². The van der Waals surface area contributed by atoms with Crippen molar-refractivity contribution in [3.8, 4) is 0 Å². The van der Waals surface area contributed by atoms with E-state index in [0.717, 1.165) is 26.3 Å². The summed E-state index contributed by atoms with van der Waals surface area (Å²) in [7, 11) is 1.62. The van der Waals surface area contributed by atoms with Gasteiger partial charge in [-0.05, 0) is 0 Å². The first-order valence-corrected chi connectivity index (χ1v) is 6.12. The van der Waals surface area contributed by atoms with Crippen molar-refractivity contribution in [2.45, 2.75) is 12.5 Å². The van der Waals surface area contributed by atoms with Crippen molar-refractivity contribution in [3.63, 3.8) is 0 Å². The van der Waals surface area contributed by atoms with Crippen molar-refractivity contribution in [2.75, 3.05) is 53.0 Å². The quantitative estimate of drug-likeness (QED) is 0.471. The van der Waals surface area contributed by atoms with Crippen LogP contribution in [0.15, 0.2) is 0 Å². The van der Waals surface area contributed by atoms with Crippen LogP contribution in [-0.4, -0.2) is 75.0 Å². The fraction of sp³-hybridized carbons (Fsp3) is 0.909. The summed E-state index contributed by atoms with van der Waals surface area (Å²) in [6, 6.07) is 0. The van der Waals surface area contributed by atoms with Crippen molar-refractivity contribution in [1.82, 2.24) is 15.5 Å². The molecule has 1 saturated heterocycles. The minimum atomic E-state index is -0.391. The Hall–Kier alpha value is -0.690. The predicted octanol–water partition coefficient (Wildman–Crippen LogP) is -1.59. The number of morpholine rings is 1. The van der Waals surface area contributed by atoms with Crippen LogP contribution in [0.3, 0.4) is 0 Å². The molecule has 1 amide bonds.